The van der Waals surface area contributed by atoms with Crippen LogP contribution in [0.4, 0.5) is 0 Å². The highest BCUT2D eigenvalue weighted by molar-refractivity contribution is 4.86. The Morgan fingerprint density at radius 2 is 1.45 bits per heavy atom. The van der Waals surface area contributed by atoms with Crippen molar-refractivity contribution in [2.24, 2.45) is 0 Å². The van der Waals surface area contributed by atoms with Crippen LogP contribution in [-0.4, -0.2) is 51.1 Å². The fraction of sp³-hybridized carbons (Fsp3) is 1.00. The topological polar surface area (TPSA) is 90.2 Å². The van der Waals surface area contributed by atoms with E-state index in [1.807, 2.05) is 0 Å². The van der Waals surface area contributed by atoms with E-state index in [2.05, 4.69) is 4.74 Å². The predicted molar refractivity (Wildman–Crippen MR) is 34.6 cm³/mol. The van der Waals surface area contributed by atoms with Gasteiger partial charge in [0, 0.05) is 0 Å². The molecule has 0 radical (unpaired) electrons. The lowest BCUT2D eigenvalue weighted by Gasteiger charge is -2.36. The van der Waals surface area contributed by atoms with E-state index in [-0.39, 0.29) is 0 Å². The van der Waals surface area contributed by atoms with E-state index in [4.69, 9.17) is 20.4 Å². The smallest absolute Gasteiger partial charge is 0.183 e. The fourth-order valence-electron chi connectivity index (χ4n) is 1.03. The third-order valence-corrected chi connectivity index (χ3v) is 1.83. The molecule has 1 rings (SSSR count). The molecule has 1 aliphatic heterocycles. The lowest BCUT2D eigenvalue weighted by molar-refractivity contribution is -0.277. The van der Waals surface area contributed by atoms with Gasteiger partial charge in [0.05, 0.1) is 6.10 Å². The summed E-state index contributed by atoms with van der Waals surface area (Å²) in [4.78, 5) is 0. The summed E-state index contributed by atoms with van der Waals surface area (Å²) < 4.78 is 4.68. The number of aliphatic hydroxyl groups is 4. The monoisotopic (exact) mass is 164 g/mol. The molecule has 1 heterocycles. The second-order valence-corrected chi connectivity index (χ2v) is 2.70. The van der Waals surface area contributed by atoms with Gasteiger partial charge in [0.15, 0.2) is 6.29 Å². The minimum Gasteiger partial charge on any atom is -0.388 e. The number of rotatable bonds is 0. The maximum Gasteiger partial charge on any atom is 0.183 e. The zero-order valence-corrected chi connectivity index (χ0v) is 6.08. The SMILES string of the molecule is C[C@@H]1OC(O)[C@@H](O)C(O)C1O. The van der Waals surface area contributed by atoms with E-state index in [0.29, 0.717) is 0 Å². The maximum atomic E-state index is 9.09. The predicted octanol–water partition coefficient (Wildman–Crippen LogP) is -2.19. The molecule has 0 bridgehead atoms. The normalized spacial score (nSPS) is 52.6. The first-order valence-corrected chi connectivity index (χ1v) is 3.41. The van der Waals surface area contributed by atoms with E-state index in [9.17, 15) is 0 Å². The molecule has 0 aromatic carbocycles. The van der Waals surface area contributed by atoms with Crippen LogP contribution in [0.15, 0.2) is 0 Å². The summed E-state index contributed by atoms with van der Waals surface area (Å²) in [7, 11) is 0. The van der Waals surface area contributed by atoms with Crippen molar-refractivity contribution in [3.63, 3.8) is 0 Å². The van der Waals surface area contributed by atoms with Crippen LogP contribution in [0.1, 0.15) is 6.92 Å². The van der Waals surface area contributed by atoms with Gasteiger partial charge in [-0.2, -0.15) is 0 Å². The highest BCUT2D eigenvalue weighted by atomic mass is 16.6. The summed E-state index contributed by atoms with van der Waals surface area (Å²) in [6.45, 7) is 1.50. The lowest BCUT2D eigenvalue weighted by atomic mass is 10.0. The van der Waals surface area contributed by atoms with E-state index >= 15 is 0 Å². The van der Waals surface area contributed by atoms with Crippen molar-refractivity contribution < 1.29 is 25.2 Å². The summed E-state index contributed by atoms with van der Waals surface area (Å²) in [5.41, 5.74) is 0. The van der Waals surface area contributed by atoms with Crippen molar-refractivity contribution in [2.75, 3.05) is 0 Å². The molecule has 0 spiro atoms. The van der Waals surface area contributed by atoms with Crippen LogP contribution in [0, 0.1) is 0 Å². The van der Waals surface area contributed by atoms with Crippen molar-refractivity contribution in [3.05, 3.63) is 0 Å². The number of aliphatic hydroxyl groups excluding tert-OH is 4. The summed E-state index contributed by atoms with van der Waals surface area (Å²) in [5.74, 6) is 0. The molecule has 1 saturated heterocycles. The molecular weight excluding hydrogens is 152 g/mol. The van der Waals surface area contributed by atoms with Crippen LogP contribution in [0.25, 0.3) is 0 Å². The lowest BCUT2D eigenvalue weighted by Crippen LogP contribution is -2.56. The van der Waals surface area contributed by atoms with Crippen molar-refractivity contribution in [1.82, 2.24) is 0 Å². The average molecular weight is 164 g/mol. The Morgan fingerprint density at radius 3 is 2.00 bits per heavy atom. The van der Waals surface area contributed by atoms with Gasteiger partial charge in [-0.15, -0.1) is 0 Å². The standard InChI is InChI=1S/C6H12O5/c1-2-3(7)4(8)5(9)6(10)11-2/h2-10H,1H3/t2-,3?,4?,5-,6?/m0/s1. The molecule has 66 valence electrons. The van der Waals surface area contributed by atoms with Gasteiger partial charge >= 0.3 is 0 Å². The molecule has 11 heavy (non-hydrogen) atoms. The molecular formula is C6H12O5. The minimum atomic E-state index is -1.43. The Balaban J connectivity index is 2.63. The first-order chi connectivity index (χ1) is 5.04. The molecule has 5 heteroatoms. The van der Waals surface area contributed by atoms with Crippen LogP contribution < -0.4 is 0 Å². The zero-order valence-electron chi connectivity index (χ0n) is 6.08. The minimum absolute atomic E-state index is 0.664. The van der Waals surface area contributed by atoms with E-state index in [1.165, 1.54) is 6.92 Å². The Bertz CT molecular complexity index is 125. The highest BCUT2D eigenvalue weighted by Crippen LogP contribution is 2.18. The van der Waals surface area contributed by atoms with Gasteiger partial charge in [-0.3, -0.25) is 0 Å². The van der Waals surface area contributed by atoms with Gasteiger partial charge < -0.3 is 25.2 Å². The quantitative estimate of drug-likeness (QED) is 0.326. The van der Waals surface area contributed by atoms with Crippen LogP contribution in [0.2, 0.25) is 0 Å². The molecule has 0 aromatic rings. The Hall–Kier alpha value is -0.200. The van der Waals surface area contributed by atoms with Gasteiger partial charge in [0.25, 0.3) is 0 Å². The average Bonchev–Trinajstić information content (AvgIpc) is 1.97. The summed E-state index contributed by atoms with van der Waals surface area (Å²) in [6.07, 6.45) is -5.99. The van der Waals surface area contributed by atoms with Crippen molar-refractivity contribution >= 4 is 0 Å². The first-order valence-electron chi connectivity index (χ1n) is 3.41. The van der Waals surface area contributed by atoms with E-state index in [0.717, 1.165) is 0 Å². The number of hydrogen-bond donors (Lipinski definition) is 4. The summed E-state index contributed by atoms with van der Waals surface area (Å²) in [5, 5.41) is 36.0. The van der Waals surface area contributed by atoms with E-state index < -0.39 is 30.7 Å². The molecule has 1 aliphatic rings. The van der Waals surface area contributed by atoms with Crippen LogP contribution in [0.3, 0.4) is 0 Å². The molecule has 3 unspecified atom stereocenters. The third-order valence-electron chi connectivity index (χ3n) is 1.83. The summed E-state index contributed by atoms with van der Waals surface area (Å²) >= 11 is 0. The highest BCUT2D eigenvalue weighted by Gasteiger charge is 2.40. The zero-order chi connectivity index (χ0) is 8.59. The van der Waals surface area contributed by atoms with E-state index in [1.54, 1.807) is 0 Å². The first kappa shape index (κ1) is 8.89. The van der Waals surface area contributed by atoms with Crippen molar-refractivity contribution in [3.8, 4) is 0 Å². The molecule has 1 fully saturated rings. The molecule has 0 aromatic heterocycles. The molecule has 0 saturated carbocycles. The van der Waals surface area contributed by atoms with Crippen LogP contribution >= 0.6 is 0 Å². The van der Waals surface area contributed by atoms with Gasteiger partial charge in [0.1, 0.15) is 18.3 Å². The third kappa shape index (κ3) is 1.52. The van der Waals surface area contributed by atoms with Gasteiger partial charge in [-0.05, 0) is 6.92 Å². The van der Waals surface area contributed by atoms with Gasteiger partial charge in [-0.25, -0.2) is 0 Å². The second-order valence-electron chi connectivity index (χ2n) is 2.70. The Labute approximate surface area is 63.8 Å². The summed E-state index contributed by atoms with van der Waals surface area (Å²) in [6, 6.07) is 0. The van der Waals surface area contributed by atoms with Gasteiger partial charge in [-0.1, -0.05) is 0 Å². The van der Waals surface area contributed by atoms with Gasteiger partial charge in [0.2, 0.25) is 0 Å². The molecule has 5 nitrogen and oxygen atoms in total. The number of hydrogen-bond acceptors (Lipinski definition) is 5. The molecule has 4 N–H and O–H groups in total. The molecule has 0 aliphatic carbocycles. The van der Waals surface area contributed by atoms with Crippen molar-refractivity contribution in [1.29, 1.82) is 0 Å². The number of ether oxygens (including phenoxy) is 1. The van der Waals surface area contributed by atoms with Crippen molar-refractivity contribution in [2.45, 2.75) is 37.6 Å². The second kappa shape index (κ2) is 3.04. The fourth-order valence-corrected chi connectivity index (χ4v) is 1.03. The largest absolute Gasteiger partial charge is 0.388 e. The molecule has 0 amide bonds. The Kier molecular flexibility index (Phi) is 2.46. The maximum absolute atomic E-state index is 9.09. The molecule has 5 atom stereocenters. The Morgan fingerprint density at radius 1 is 0.909 bits per heavy atom. The van der Waals surface area contributed by atoms with Crippen LogP contribution in [-0.2, 0) is 4.74 Å². The van der Waals surface area contributed by atoms with Crippen LogP contribution in [0.5, 0.6) is 0 Å².